The summed E-state index contributed by atoms with van der Waals surface area (Å²) in [5.41, 5.74) is 3.12. The van der Waals surface area contributed by atoms with E-state index in [9.17, 15) is 13.2 Å². The molecule has 0 radical (unpaired) electrons. The number of nitrogens with one attached hydrogen (secondary N) is 3. The van der Waals surface area contributed by atoms with Crippen molar-refractivity contribution in [2.75, 3.05) is 6.26 Å². The lowest BCUT2D eigenvalue weighted by atomic mass is 10.1. The molecule has 1 aliphatic carbocycles. The quantitative estimate of drug-likeness (QED) is 0.625. The van der Waals surface area contributed by atoms with Crippen molar-refractivity contribution in [1.82, 2.24) is 15.0 Å². The highest BCUT2D eigenvalue weighted by molar-refractivity contribution is 7.88. The zero-order valence-electron chi connectivity index (χ0n) is 14.5. The van der Waals surface area contributed by atoms with Crippen molar-refractivity contribution < 1.29 is 13.2 Å². The Morgan fingerprint density at radius 3 is 2.74 bits per heavy atom. The van der Waals surface area contributed by atoms with Gasteiger partial charge in [-0.2, -0.15) is 0 Å². The maximum absolute atomic E-state index is 12.8. The molecule has 4 rings (SSSR count). The van der Waals surface area contributed by atoms with Crippen molar-refractivity contribution >= 4 is 38.4 Å². The van der Waals surface area contributed by atoms with E-state index in [4.69, 9.17) is 11.6 Å². The molecule has 0 bridgehead atoms. The fraction of sp³-hybridized carbons (Fsp3) is 0.211. The smallest absolute Gasteiger partial charge is 0.268 e. The number of fused-ring (bicyclic) bond motifs is 2. The third-order valence-corrected chi connectivity index (χ3v) is 5.63. The second-order valence-corrected chi connectivity index (χ2v) is 8.98. The number of benzene rings is 2. The number of sulfonamides is 1. The third kappa shape index (κ3) is 3.71. The average Bonchev–Trinajstić information content (AvgIpc) is 3.15. The van der Waals surface area contributed by atoms with Crippen LogP contribution in [0.25, 0.3) is 10.9 Å². The van der Waals surface area contributed by atoms with Crippen molar-refractivity contribution in [3.63, 3.8) is 0 Å². The zero-order chi connectivity index (χ0) is 19.2. The molecule has 8 heteroatoms. The highest BCUT2D eigenvalue weighted by Crippen LogP contribution is 2.32. The van der Waals surface area contributed by atoms with E-state index in [0.29, 0.717) is 17.1 Å². The maximum Gasteiger partial charge on any atom is 0.268 e. The first kappa shape index (κ1) is 18.0. The number of aromatic nitrogens is 1. The first-order valence-corrected chi connectivity index (χ1v) is 10.7. The number of H-pyrrole nitrogens is 1. The van der Waals surface area contributed by atoms with Crippen LogP contribution < -0.4 is 10.0 Å². The molecule has 27 heavy (non-hydrogen) atoms. The lowest BCUT2D eigenvalue weighted by molar-refractivity contribution is 0.0927. The molecule has 3 aromatic rings. The van der Waals surface area contributed by atoms with Gasteiger partial charge in [0.1, 0.15) is 5.69 Å². The maximum atomic E-state index is 12.8. The summed E-state index contributed by atoms with van der Waals surface area (Å²) < 4.78 is 26.3. The van der Waals surface area contributed by atoms with Gasteiger partial charge in [0, 0.05) is 15.9 Å². The third-order valence-electron chi connectivity index (χ3n) is 4.72. The van der Waals surface area contributed by atoms with E-state index < -0.39 is 16.1 Å². The number of amides is 1. The Balaban J connectivity index is 1.60. The van der Waals surface area contributed by atoms with Gasteiger partial charge in [0.25, 0.3) is 5.91 Å². The summed E-state index contributed by atoms with van der Waals surface area (Å²) in [6.07, 6.45) is 1.68. The number of carbonyl (C=O) groups excluding carboxylic acids is 1. The Morgan fingerprint density at radius 2 is 1.96 bits per heavy atom. The minimum Gasteiger partial charge on any atom is -0.351 e. The molecule has 0 saturated carbocycles. The molecular formula is C19H18ClN3O3S. The van der Waals surface area contributed by atoms with Crippen LogP contribution in [0.4, 0.5) is 0 Å². The number of hydrogen-bond donors (Lipinski definition) is 3. The monoisotopic (exact) mass is 403 g/mol. The van der Waals surface area contributed by atoms with Crippen LogP contribution in [0.2, 0.25) is 5.02 Å². The minimum atomic E-state index is -3.43. The number of rotatable bonds is 4. The lowest BCUT2D eigenvalue weighted by Gasteiger charge is -2.22. The lowest BCUT2D eigenvalue weighted by Crippen LogP contribution is -2.44. The number of aromatic amines is 1. The van der Waals surface area contributed by atoms with Crippen LogP contribution in [0.5, 0.6) is 0 Å². The molecule has 3 N–H and O–H groups in total. The molecular weight excluding hydrogens is 386 g/mol. The van der Waals surface area contributed by atoms with Gasteiger partial charge >= 0.3 is 0 Å². The van der Waals surface area contributed by atoms with Crippen LogP contribution >= 0.6 is 11.6 Å². The summed E-state index contributed by atoms with van der Waals surface area (Å²) in [6.45, 7) is 0. The van der Waals surface area contributed by atoms with E-state index in [0.717, 1.165) is 28.3 Å². The molecule has 0 unspecified atom stereocenters. The van der Waals surface area contributed by atoms with E-state index in [1.807, 2.05) is 30.3 Å². The predicted molar refractivity (Wildman–Crippen MR) is 105 cm³/mol. The molecule has 2 aromatic carbocycles. The Morgan fingerprint density at radius 1 is 1.19 bits per heavy atom. The summed E-state index contributed by atoms with van der Waals surface area (Å²) in [5.74, 6) is -0.291. The number of hydrogen-bond acceptors (Lipinski definition) is 3. The summed E-state index contributed by atoms with van der Waals surface area (Å²) in [7, 11) is -3.43. The van der Waals surface area contributed by atoms with Crippen LogP contribution in [-0.2, 0) is 16.4 Å². The van der Waals surface area contributed by atoms with E-state index in [1.54, 1.807) is 18.2 Å². The summed E-state index contributed by atoms with van der Waals surface area (Å²) in [6, 6.07) is 13.8. The van der Waals surface area contributed by atoms with E-state index >= 15 is 0 Å². The van der Waals surface area contributed by atoms with Gasteiger partial charge in [-0.3, -0.25) is 4.79 Å². The van der Waals surface area contributed by atoms with Gasteiger partial charge in [0.15, 0.2) is 0 Å². The van der Waals surface area contributed by atoms with Gasteiger partial charge in [0.2, 0.25) is 10.0 Å². The molecule has 0 saturated heterocycles. The molecule has 0 spiro atoms. The second kappa shape index (κ2) is 6.67. The van der Waals surface area contributed by atoms with E-state index in [2.05, 4.69) is 15.0 Å². The second-order valence-electron chi connectivity index (χ2n) is 6.77. The van der Waals surface area contributed by atoms with Crippen molar-refractivity contribution in [2.45, 2.75) is 18.5 Å². The van der Waals surface area contributed by atoms with Crippen LogP contribution in [-0.4, -0.2) is 31.6 Å². The molecule has 1 amide bonds. The highest BCUT2D eigenvalue weighted by Gasteiger charge is 2.35. The summed E-state index contributed by atoms with van der Waals surface area (Å²) in [4.78, 5) is 15.8. The Bertz CT molecular complexity index is 1140. The van der Waals surface area contributed by atoms with Gasteiger partial charge < -0.3 is 10.3 Å². The molecule has 2 atom stereocenters. The van der Waals surface area contributed by atoms with Gasteiger partial charge in [0.05, 0.1) is 18.3 Å². The van der Waals surface area contributed by atoms with Crippen LogP contribution in [0.1, 0.15) is 27.7 Å². The highest BCUT2D eigenvalue weighted by atomic mass is 35.5. The van der Waals surface area contributed by atoms with E-state index in [-0.39, 0.29) is 11.9 Å². The van der Waals surface area contributed by atoms with Crippen LogP contribution in [0.3, 0.4) is 0 Å². The molecule has 6 nitrogen and oxygen atoms in total. The molecule has 0 aliphatic heterocycles. The zero-order valence-corrected chi connectivity index (χ0v) is 16.1. The Labute approximate surface area is 162 Å². The molecule has 1 heterocycles. The fourth-order valence-electron chi connectivity index (χ4n) is 3.58. The molecule has 0 fully saturated rings. The Kier molecular flexibility index (Phi) is 4.46. The fourth-order valence-corrected chi connectivity index (χ4v) is 4.51. The molecule has 140 valence electrons. The number of carbonyl (C=O) groups is 1. The van der Waals surface area contributed by atoms with Crippen LogP contribution in [0.15, 0.2) is 48.5 Å². The standard InChI is InChI=1S/C19H18ClN3O3S/c1-27(25,26)23-18-14-5-3-2-4-11(14)9-16(18)22-19(24)17-10-12-8-13(20)6-7-15(12)21-17/h2-8,10,16,18,21,23H,9H2,1H3,(H,22,24)/t16-,18+/m0/s1. The average molecular weight is 404 g/mol. The molecule has 1 aromatic heterocycles. The largest absolute Gasteiger partial charge is 0.351 e. The minimum absolute atomic E-state index is 0.291. The normalized spacial score (nSPS) is 19.2. The van der Waals surface area contributed by atoms with Crippen molar-refractivity contribution in [3.05, 3.63) is 70.4 Å². The summed E-state index contributed by atoms with van der Waals surface area (Å²) >= 11 is 6.00. The number of halogens is 1. The van der Waals surface area contributed by atoms with Crippen LogP contribution in [0, 0.1) is 0 Å². The predicted octanol–water partition coefficient (Wildman–Crippen LogP) is 2.77. The topological polar surface area (TPSA) is 91.1 Å². The van der Waals surface area contributed by atoms with Gasteiger partial charge in [-0.1, -0.05) is 35.9 Å². The molecule has 1 aliphatic rings. The van der Waals surface area contributed by atoms with E-state index in [1.165, 1.54) is 0 Å². The van der Waals surface area contributed by atoms with Crippen molar-refractivity contribution in [1.29, 1.82) is 0 Å². The summed E-state index contributed by atoms with van der Waals surface area (Å²) in [5, 5.41) is 4.40. The van der Waals surface area contributed by atoms with Gasteiger partial charge in [-0.15, -0.1) is 0 Å². The Hall–Kier alpha value is -2.35. The van der Waals surface area contributed by atoms with Gasteiger partial charge in [-0.25, -0.2) is 13.1 Å². The SMILES string of the molecule is CS(=O)(=O)N[C@@H]1c2ccccc2C[C@@H]1NC(=O)c1cc2cc(Cl)ccc2[nH]1. The van der Waals surface area contributed by atoms with Crippen molar-refractivity contribution in [2.24, 2.45) is 0 Å². The first-order valence-electron chi connectivity index (χ1n) is 8.44. The first-order chi connectivity index (χ1) is 12.8. The van der Waals surface area contributed by atoms with Gasteiger partial charge in [-0.05, 0) is 41.8 Å². The van der Waals surface area contributed by atoms with Crippen molar-refractivity contribution in [3.8, 4) is 0 Å².